The number of hydrogen-bond donors (Lipinski definition) is 1. The normalized spacial score (nSPS) is 19.2. The van der Waals surface area contributed by atoms with Gasteiger partial charge in [-0.2, -0.15) is 0 Å². The van der Waals surface area contributed by atoms with Crippen LogP contribution in [0.4, 0.5) is 5.69 Å². The zero-order chi connectivity index (χ0) is 15.1. The van der Waals surface area contributed by atoms with Crippen LogP contribution in [0.2, 0.25) is 0 Å². The van der Waals surface area contributed by atoms with Gasteiger partial charge in [-0.05, 0) is 31.4 Å². The van der Waals surface area contributed by atoms with Crippen molar-refractivity contribution in [1.82, 2.24) is 10.3 Å². The van der Waals surface area contributed by atoms with Gasteiger partial charge in [0.2, 0.25) is 0 Å². The van der Waals surface area contributed by atoms with Crippen LogP contribution in [0, 0.1) is 0 Å². The summed E-state index contributed by atoms with van der Waals surface area (Å²) < 4.78 is 5.92. The molecule has 0 amide bonds. The SMILES string of the molecule is CCCOC1CCCN(c2ccnc(CNC(C)C)c2)C1. The Morgan fingerprint density at radius 2 is 2.33 bits per heavy atom. The van der Waals surface area contributed by atoms with Crippen molar-refractivity contribution < 1.29 is 4.74 Å². The number of nitrogens with one attached hydrogen (secondary N) is 1. The van der Waals surface area contributed by atoms with Gasteiger partial charge < -0.3 is 15.0 Å². The average molecular weight is 291 g/mol. The first kappa shape index (κ1) is 16.2. The van der Waals surface area contributed by atoms with Crippen LogP contribution < -0.4 is 10.2 Å². The van der Waals surface area contributed by atoms with Gasteiger partial charge in [0.05, 0.1) is 11.8 Å². The number of hydrogen-bond acceptors (Lipinski definition) is 4. The molecule has 118 valence electrons. The lowest BCUT2D eigenvalue weighted by Gasteiger charge is -2.34. The Labute approximate surface area is 128 Å². The maximum absolute atomic E-state index is 5.92. The molecule has 1 aliphatic heterocycles. The molecule has 0 radical (unpaired) electrons. The first-order chi connectivity index (χ1) is 10.2. The highest BCUT2D eigenvalue weighted by molar-refractivity contribution is 5.47. The molecule has 2 heterocycles. The summed E-state index contributed by atoms with van der Waals surface area (Å²) in [5.41, 5.74) is 2.38. The van der Waals surface area contributed by atoms with Gasteiger partial charge in [-0.25, -0.2) is 0 Å². The fraction of sp³-hybridized carbons (Fsp3) is 0.706. The molecule has 0 aromatic carbocycles. The molecule has 1 unspecified atom stereocenters. The van der Waals surface area contributed by atoms with Crippen LogP contribution in [0.1, 0.15) is 45.7 Å². The van der Waals surface area contributed by atoms with E-state index in [-0.39, 0.29) is 0 Å². The Bertz CT molecular complexity index is 422. The molecule has 1 N–H and O–H groups in total. The van der Waals surface area contributed by atoms with Crippen molar-refractivity contribution in [1.29, 1.82) is 0 Å². The minimum atomic E-state index is 0.379. The highest BCUT2D eigenvalue weighted by atomic mass is 16.5. The lowest BCUT2D eigenvalue weighted by atomic mass is 10.1. The predicted octanol–water partition coefficient (Wildman–Crippen LogP) is 2.98. The van der Waals surface area contributed by atoms with Crippen molar-refractivity contribution in [3.63, 3.8) is 0 Å². The van der Waals surface area contributed by atoms with Gasteiger partial charge in [0.25, 0.3) is 0 Å². The van der Waals surface area contributed by atoms with E-state index in [4.69, 9.17) is 4.74 Å². The lowest BCUT2D eigenvalue weighted by molar-refractivity contribution is 0.0440. The van der Waals surface area contributed by atoms with E-state index in [0.717, 1.165) is 38.4 Å². The average Bonchev–Trinajstić information content (AvgIpc) is 2.51. The van der Waals surface area contributed by atoms with E-state index < -0.39 is 0 Å². The number of ether oxygens (including phenoxy) is 1. The summed E-state index contributed by atoms with van der Waals surface area (Å²) in [5, 5.41) is 3.42. The number of anilines is 1. The summed E-state index contributed by atoms with van der Waals surface area (Å²) >= 11 is 0. The fourth-order valence-corrected chi connectivity index (χ4v) is 2.66. The third kappa shape index (κ3) is 5.29. The van der Waals surface area contributed by atoms with E-state index in [9.17, 15) is 0 Å². The van der Waals surface area contributed by atoms with Gasteiger partial charge >= 0.3 is 0 Å². The Morgan fingerprint density at radius 1 is 1.48 bits per heavy atom. The Kier molecular flexibility index (Phi) is 6.46. The van der Waals surface area contributed by atoms with Crippen molar-refractivity contribution in [3.8, 4) is 0 Å². The van der Waals surface area contributed by atoms with Crippen molar-refractivity contribution in [3.05, 3.63) is 24.0 Å². The number of pyridine rings is 1. The van der Waals surface area contributed by atoms with Gasteiger partial charge in [-0.3, -0.25) is 4.98 Å². The summed E-state index contributed by atoms with van der Waals surface area (Å²) in [6.45, 7) is 10.3. The van der Waals surface area contributed by atoms with Crippen molar-refractivity contribution in [2.75, 3.05) is 24.6 Å². The Hall–Kier alpha value is -1.13. The number of piperidine rings is 1. The number of nitrogens with zero attached hydrogens (tertiary/aromatic N) is 2. The summed E-state index contributed by atoms with van der Waals surface area (Å²) in [6.07, 6.45) is 5.78. The lowest BCUT2D eigenvalue weighted by Crippen LogP contribution is -2.40. The maximum atomic E-state index is 5.92. The third-order valence-electron chi connectivity index (χ3n) is 3.79. The minimum Gasteiger partial charge on any atom is -0.376 e. The smallest absolute Gasteiger partial charge is 0.0750 e. The van der Waals surface area contributed by atoms with Gasteiger partial charge in [0.15, 0.2) is 0 Å². The molecule has 1 saturated heterocycles. The molecule has 4 nitrogen and oxygen atoms in total. The monoisotopic (exact) mass is 291 g/mol. The molecule has 4 heteroatoms. The van der Waals surface area contributed by atoms with E-state index >= 15 is 0 Å². The van der Waals surface area contributed by atoms with Crippen LogP contribution in [0.15, 0.2) is 18.3 Å². The largest absolute Gasteiger partial charge is 0.376 e. The molecule has 0 spiro atoms. The van der Waals surface area contributed by atoms with E-state index in [0.29, 0.717) is 12.1 Å². The molecule has 1 atom stereocenters. The molecule has 21 heavy (non-hydrogen) atoms. The first-order valence-corrected chi connectivity index (χ1v) is 8.24. The van der Waals surface area contributed by atoms with Crippen LogP contribution in [0.3, 0.4) is 0 Å². The molecular formula is C17H29N3O. The number of rotatable bonds is 7. The van der Waals surface area contributed by atoms with Gasteiger partial charge in [0, 0.05) is 44.2 Å². The molecule has 0 aliphatic carbocycles. The Balaban J connectivity index is 1.95. The van der Waals surface area contributed by atoms with Crippen LogP contribution in [-0.2, 0) is 11.3 Å². The summed E-state index contributed by atoms with van der Waals surface area (Å²) in [4.78, 5) is 6.89. The summed E-state index contributed by atoms with van der Waals surface area (Å²) in [6, 6.07) is 4.80. The second-order valence-electron chi connectivity index (χ2n) is 6.12. The van der Waals surface area contributed by atoms with Crippen LogP contribution in [-0.4, -0.2) is 36.8 Å². The van der Waals surface area contributed by atoms with Gasteiger partial charge in [-0.15, -0.1) is 0 Å². The fourth-order valence-electron chi connectivity index (χ4n) is 2.66. The Morgan fingerprint density at radius 3 is 3.10 bits per heavy atom. The van der Waals surface area contributed by atoms with Crippen LogP contribution >= 0.6 is 0 Å². The van der Waals surface area contributed by atoms with E-state index in [1.165, 1.54) is 18.5 Å². The highest BCUT2D eigenvalue weighted by Gasteiger charge is 2.20. The molecule has 0 bridgehead atoms. The molecule has 2 rings (SSSR count). The molecule has 1 aromatic rings. The summed E-state index contributed by atoms with van der Waals surface area (Å²) in [7, 11) is 0. The maximum Gasteiger partial charge on any atom is 0.0750 e. The van der Waals surface area contributed by atoms with E-state index in [2.05, 4.69) is 48.1 Å². The van der Waals surface area contributed by atoms with E-state index in [1.807, 2.05) is 6.20 Å². The standard InChI is InChI=1S/C17H29N3O/c1-4-10-21-17-6-5-9-20(13-17)16-7-8-18-15(11-16)12-19-14(2)3/h7-8,11,14,17,19H,4-6,9-10,12-13H2,1-3H3. The van der Waals surface area contributed by atoms with Crippen molar-refractivity contribution >= 4 is 5.69 Å². The molecule has 1 aliphatic rings. The minimum absolute atomic E-state index is 0.379. The second kappa shape index (κ2) is 8.35. The summed E-state index contributed by atoms with van der Waals surface area (Å²) in [5.74, 6) is 0. The second-order valence-corrected chi connectivity index (χ2v) is 6.12. The zero-order valence-electron chi connectivity index (χ0n) is 13.6. The highest BCUT2D eigenvalue weighted by Crippen LogP contribution is 2.21. The first-order valence-electron chi connectivity index (χ1n) is 8.24. The number of aromatic nitrogens is 1. The topological polar surface area (TPSA) is 37.4 Å². The predicted molar refractivity (Wildman–Crippen MR) is 87.7 cm³/mol. The van der Waals surface area contributed by atoms with Crippen LogP contribution in [0.25, 0.3) is 0 Å². The zero-order valence-corrected chi connectivity index (χ0v) is 13.6. The molecule has 1 aromatic heterocycles. The van der Waals surface area contributed by atoms with Gasteiger partial charge in [-0.1, -0.05) is 20.8 Å². The van der Waals surface area contributed by atoms with Gasteiger partial charge in [0.1, 0.15) is 0 Å². The van der Waals surface area contributed by atoms with E-state index in [1.54, 1.807) is 0 Å². The van der Waals surface area contributed by atoms with Crippen molar-refractivity contribution in [2.24, 2.45) is 0 Å². The molecular weight excluding hydrogens is 262 g/mol. The van der Waals surface area contributed by atoms with Crippen molar-refractivity contribution in [2.45, 2.75) is 58.7 Å². The molecule has 1 fully saturated rings. The van der Waals surface area contributed by atoms with Crippen LogP contribution in [0.5, 0.6) is 0 Å². The molecule has 0 saturated carbocycles. The quantitative estimate of drug-likeness (QED) is 0.838. The third-order valence-corrected chi connectivity index (χ3v) is 3.79.